The third-order valence-corrected chi connectivity index (χ3v) is 12.0. The quantitative estimate of drug-likeness (QED) is 0.440. The Morgan fingerprint density at radius 3 is 2.21 bits per heavy atom. The van der Waals surface area contributed by atoms with Crippen LogP contribution in [0.4, 0.5) is 0 Å². The Labute approximate surface area is 152 Å². The molecule has 0 N–H and O–H groups in total. The molecule has 1 aromatic heterocycles. The van der Waals surface area contributed by atoms with E-state index < -0.39 is 8.07 Å². The zero-order valence-electron chi connectivity index (χ0n) is 15.7. The molecule has 0 radical (unpaired) electrons. The fourth-order valence-corrected chi connectivity index (χ4v) is 9.55. The molecule has 2 aromatic rings. The molecule has 1 heterocycles. The molecule has 128 valence electrons. The van der Waals surface area contributed by atoms with Crippen LogP contribution in [0.1, 0.15) is 47.1 Å². The first-order valence-corrected chi connectivity index (χ1v) is 11.4. The van der Waals surface area contributed by atoms with Gasteiger partial charge in [0.15, 0.2) is 0 Å². The van der Waals surface area contributed by atoms with E-state index >= 15 is 0 Å². The average Bonchev–Trinajstić information content (AvgIpc) is 2.52. The maximum Gasteiger partial charge on any atom is 0.145 e. The second-order valence-electron chi connectivity index (χ2n) is 7.48. The molecule has 0 aliphatic heterocycles. The summed E-state index contributed by atoms with van der Waals surface area (Å²) in [7, 11) is -1.69. The lowest BCUT2D eigenvalue weighted by Crippen LogP contribution is -2.43. The molecule has 0 saturated heterocycles. The lowest BCUT2D eigenvalue weighted by Gasteiger charge is -2.38. The largest absolute Gasteiger partial charge is 0.256 e. The van der Waals surface area contributed by atoms with Gasteiger partial charge in [-0.1, -0.05) is 65.3 Å². The van der Waals surface area contributed by atoms with E-state index in [0.717, 1.165) is 21.5 Å². The van der Waals surface area contributed by atoms with Crippen molar-refractivity contribution in [1.82, 2.24) is 4.98 Å². The number of rotatable bonds is 4. The standard InChI is InChI=1S/C21H28ClNSi/c1-15(2)24(16(3)4,17(5)6)14-8-10-19-20(22)12-11-18-9-7-13-23-21(18)19/h7,9,11-13,15-17H,10H2,1-6H3. The van der Waals surface area contributed by atoms with Gasteiger partial charge >= 0.3 is 0 Å². The highest BCUT2D eigenvalue weighted by Crippen LogP contribution is 2.40. The van der Waals surface area contributed by atoms with Crippen molar-refractivity contribution in [1.29, 1.82) is 0 Å². The van der Waals surface area contributed by atoms with Gasteiger partial charge in [-0.25, -0.2) is 0 Å². The second kappa shape index (κ2) is 7.72. The van der Waals surface area contributed by atoms with Crippen molar-refractivity contribution >= 4 is 30.6 Å². The molecule has 0 amide bonds. The van der Waals surface area contributed by atoms with Gasteiger partial charge in [-0.15, -0.1) is 11.5 Å². The van der Waals surface area contributed by atoms with Crippen molar-refractivity contribution < 1.29 is 0 Å². The summed E-state index contributed by atoms with van der Waals surface area (Å²) in [4.78, 5) is 4.52. The van der Waals surface area contributed by atoms with Crippen molar-refractivity contribution in [2.24, 2.45) is 0 Å². The molecule has 1 aromatic carbocycles. The molecule has 2 rings (SSSR count). The van der Waals surface area contributed by atoms with E-state index in [1.54, 1.807) is 0 Å². The van der Waals surface area contributed by atoms with Gasteiger partial charge in [0.05, 0.1) is 5.52 Å². The van der Waals surface area contributed by atoms with Crippen LogP contribution >= 0.6 is 11.6 Å². The van der Waals surface area contributed by atoms with Crippen LogP contribution in [0.5, 0.6) is 0 Å². The summed E-state index contributed by atoms with van der Waals surface area (Å²) in [6.07, 6.45) is 2.50. The first kappa shape index (κ1) is 19.0. The molecule has 0 aliphatic rings. The number of halogens is 1. The minimum atomic E-state index is -1.69. The van der Waals surface area contributed by atoms with Crippen molar-refractivity contribution in [2.75, 3.05) is 0 Å². The summed E-state index contributed by atoms with van der Waals surface area (Å²) in [5.41, 5.74) is 7.74. The Kier molecular flexibility index (Phi) is 6.12. The van der Waals surface area contributed by atoms with E-state index in [1.165, 1.54) is 0 Å². The second-order valence-corrected chi connectivity index (χ2v) is 13.5. The van der Waals surface area contributed by atoms with Gasteiger partial charge in [-0.2, -0.15) is 0 Å². The van der Waals surface area contributed by atoms with E-state index in [4.69, 9.17) is 11.6 Å². The molecule has 0 bridgehead atoms. The van der Waals surface area contributed by atoms with E-state index in [9.17, 15) is 0 Å². The third kappa shape index (κ3) is 3.53. The Balaban J connectivity index is 2.44. The minimum absolute atomic E-state index is 0.645. The molecule has 1 nitrogen and oxygen atoms in total. The molecular formula is C21H28ClNSi. The van der Waals surface area contributed by atoms with Crippen LogP contribution in [0.2, 0.25) is 21.6 Å². The maximum absolute atomic E-state index is 6.44. The summed E-state index contributed by atoms with van der Waals surface area (Å²) < 4.78 is 0. The lowest BCUT2D eigenvalue weighted by molar-refractivity contribution is 0.838. The number of hydrogen-bond donors (Lipinski definition) is 0. The normalized spacial score (nSPS) is 12.1. The number of hydrogen-bond acceptors (Lipinski definition) is 1. The maximum atomic E-state index is 6.44. The van der Waals surface area contributed by atoms with E-state index in [2.05, 4.69) is 64.1 Å². The molecule has 0 atom stereocenters. The van der Waals surface area contributed by atoms with Gasteiger partial charge in [0.2, 0.25) is 0 Å². The van der Waals surface area contributed by atoms with Crippen LogP contribution in [0.25, 0.3) is 10.9 Å². The lowest BCUT2D eigenvalue weighted by atomic mass is 10.1. The van der Waals surface area contributed by atoms with Crippen LogP contribution in [-0.4, -0.2) is 13.1 Å². The zero-order valence-corrected chi connectivity index (χ0v) is 17.4. The predicted molar refractivity (Wildman–Crippen MR) is 109 cm³/mol. The predicted octanol–water partition coefficient (Wildman–Crippen LogP) is 6.65. The topological polar surface area (TPSA) is 12.9 Å². The van der Waals surface area contributed by atoms with E-state index in [-0.39, 0.29) is 0 Å². The number of pyridine rings is 1. The van der Waals surface area contributed by atoms with Gasteiger partial charge in [0.1, 0.15) is 8.07 Å². The van der Waals surface area contributed by atoms with Gasteiger partial charge in [-0.05, 0) is 28.8 Å². The van der Waals surface area contributed by atoms with Crippen molar-refractivity contribution in [3.63, 3.8) is 0 Å². The number of benzene rings is 1. The SMILES string of the molecule is CC(C)[Si](C#CCc1c(Cl)ccc2cccnc12)(C(C)C)C(C)C. The van der Waals surface area contributed by atoms with Crippen LogP contribution in [0.3, 0.4) is 0 Å². The smallest absolute Gasteiger partial charge is 0.145 e. The Morgan fingerprint density at radius 1 is 1.00 bits per heavy atom. The van der Waals surface area contributed by atoms with Crippen molar-refractivity contribution in [2.45, 2.75) is 64.6 Å². The third-order valence-electron chi connectivity index (χ3n) is 5.26. The summed E-state index contributed by atoms with van der Waals surface area (Å²) in [5, 5.41) is 1.89. The highest BCUT2D eigenvalue weighted by Gasteiger charge is 2.41. The van der Waals surface area contributed by atoms with Gasteiger partial charge in [0, 0.05) is 28.6 Å². The monoisotopic (exact) mass is 357 g/mol. The number of nitrogens with zero attached hydrogens (tertiary/aromatic N) is 1. The summed E-state index contributed by atoms with van der Waals surface area (Å²) in [5.74, 6) is 3.51. The average molecular weight is 358 g/mol. The van der Waals surface area contributed by atoms with E-state index in [0.29, 0.717) is 23.0 Å². The summed E-state index contributed by atoms with van der Waals surface area (Å²) >= 11 is 6.44. The van der Waals surface area contributed by atoms with Crippen LogP contribution in [0.15, 0.2) is 30.5 Å². The molecule has 0 saturated carbocycles. The molecule has 0 unspecified atom stereocenters. The summed E-state index contributed by atoms with van der Waals surface area (Å²) in [6, 6.07) is 8.02. The zero-order chi connectivity index (χ0) is 17.9. The fraction of sp³-hybridized carbons (Fsp3) is 0.476. The first-order valence-electron chi connectivity index (χ1n) is 8.82. The van der Waals surface area contributed by atoms with Crippen LogP contribution in [-0.2, 0) is 6.42 Å². The number of fused-ring (bicyclic) bond motifs is 1. The van der Waals surface area contributed by atoms with Gasteiger partial charge in [-0.3, -0.25) is 4.98 Å². The molecule has 0 spiro atoms. The minimum Gasteiger partial charge on any atom is -0.256 e. The molecule has 0 aliphatic carbocycles. The number of aromatic nitrogens is 1. The fourth-order valence-electron chi connectivity index (χ4n) is 4.07. The highest BCUT2D eigenvalue weighted by molar-refractivity contribution is 6.90. The van der Waals surface area contributed by atoms with E-state index in [1.807, 2.05) is 24.4 Å². The molecular weight excluding hydrogens is 330 g/mol. The Bertz CT molecular complexity index is 746. The Hall–Kier alpha value is -1.30. The van der Waals surface area contributed by atoms with Gasteiger partial charge in [0.25, 0.3) is 0 Å². The molecule has 3 heteroatoms. The van der Waals surface area contributed by atoms with Gasteiger partial charge < -0.3 is 0 Å². The van der Waals surface area contributed by atoms with Crippen LogP contribution < -0.4 is 0 Å². The van der Waals surface area contributed by atoms with Crippen molar-refractivity contribution in [3.8, 4) is 11.5 Å². The molecule has 24 heavy (non-hydrogen) atoms. The van der Waals surface area contributed by atoms with Crippen LogP contribution in [0, 0.1) is 11.5 Å². The summed E-state index contributed by atoms with van der Waals surface area (Å²) in [6.45, 7) is 14.0. The molecule has 0 fully saturated rings. The highest BCUT2D eigenvalue weighted by atomic mass is 35.5. The van der Waals surface area contributed by atoms with Crippen molar-refractivity contribution in [3.05, 3.63) is 41.0 Å². The first-order chi connectivity index (χ1) is 11.3. The Morgan fingerprint density at radius 2 is 1.62 bits per heavy atom.